The smallest absolute Gasteiger partial charge is 0.254 e. The number of benzene rings is 1. The van der Waals surface area contributed by atoms with Gasteiger partial charge in [0, 0.05) is 11.1 Å². The van der Waals surface area contributed by atoms with Crippen LogP contribution in [0.3, 0.4) is 0 Å². The number of phenols is 1. The number of phenolic OH excluding ortho intramolecular Hbond substituents is 1. The molecule has 124 valence electrons. The third kappa shape index (κ3) is 5.10. The van der Waals surface area contributed by atoms with Gasteiger partial charge in [0.1, 0.15) is 12.2 Å². The quantitative estimate of drug-likeness (QED) is 0.662. The van der Waals surface area contributed by atoms with Gasteiger partial charge in [0.05, 0.1) is 12.3 Å². The van der Waals surface area contributed by atoms with Crippen molar-refractivity contribution in [1.29, 1.82) is 5.26 Å². The van der Waals surface area contributed by atoms with Gasteiger partial charge in [-0.15, -0.1) is 0 Å². The van der Waals surface area contributed by atoms with Gasteiger partial charge in [-0.05, 0) is 22.5 Å². The number of nitrogens with one attached hydrogen (secondary N) is 1. The Morgan fingerprint density at radius 2 is 1.87 bits per heavy atom. The van der Waals surface area contributed by atoms with Crippen molar-refractivity contribution in [2.45, 2.75) is 58.8 Å². The van der Waals surface area contributed by atoms with Crippen LogP contribution in [-0.2, 0) is 15.6 Å². The number of hydrazone groups is 1. The first-order valence-corrected chi connectivity index (χ1v) is 7.53. The van der Waals surface area contributed by atoms with E-state index >= 15 is 0 Å². The van der Waals surface area contributed by atoms with Crippen LogP contribution in [0, 0.1) is 11.3 Å². The highest BCUT2D eigenvalue weighted by molar-refractivity contribution is 5.86. The lowest BCUT2D eigenvalue weighted by molar-refractivity contribution is -0.120. The summed E-state index contributed by atoms with van der Waals surface area (Å²) in [5.74, 6) is -0.324. The molecule has 2 N–H and O–H groups in total. The highest BCUT2D eigenvalue weighted by Gasteiger charge is 2.24. The van der Waals surface area contributed by atoms with Gasteiger partial charge in [0.2, 0.25) is 0 Å². The van der Waals surface area contributed by atoms with Gasteiger partial charge in [-0.2, -0.15) is 10.4 Å². The summed E-state index contributed by atoms with van der Waals surface area (Å²) in [6.07, 6.45) is 1.16. The molecule has 0 fully saturated rings. The number of amides is 1. The van der Waals surface area contributed by atoms with E-state index in [9.17, 15) is 9.90 Å². The van der Waals surface area contributed by atoms with Crippen LogP contribution in [0.15, 0.2) is 17.2 Å². The molecule has 0 bridgehead atoms. The van der Waals surface area contributed by atoms with Crippen LogP contribution in [0.1, 0.15) is 64.7 Å². The first-order chi connectivity index (χ1) is 10.5. The number of nitrogens with zero attached hydrogens (tertiary/aromatic N) is 2. The molecule has 23 heavy (non-hydrogen) atoms. The van der Waals surface area contributed by atoms with E-state index in [0.29, 0.717) is 5.56 Å². The zero-order valence-electron chi connectivity index (χ0n) is 14.7. The normalized spacial score (nSPS) is 12.2. The number of aromatic hydroxyl groups is 1. The van der Waals surface area contributed by atoms with E-state index in [4.69, 9.17) is 5.26 Å². The van der Waals surface area contributed by atoms with Crippen LogP contribution in [0.5, 0.6) is 5.75 Å². The van der Waals surface area contributed by atoms with Crippen molar-refractivity contribution in [2.24, 2.45) is 5.10 Å². The highest BCUT2D eigenvalue weighted by atomic mass is 16.3. The Morgan fingerprint density at radius 3 is 2.35 bits per heavy atom. The Morgan fingerprint density at radius 1 is 1.26 bits per heavy atom. The topological polar surface area (TPSA) is 85.5 Å². The molecule has 1 rings (SSSR count). The molecular weight excluding hydrogens is 290 g/mol. The minimum Gasteiger partial charge on any atom is -0.507 e. The fourth-order valence-corrected chi connectivity index (χ4v) is 2.05. The van der Waals surface area contributed by atoms with Crippen LogP contribution in [0.2, 0.25) is 0 Å². The molecule has 0 atom stereocenters. The predicted molar refractivity (Wildman–Crippen MR) is 91.5 cm³/mol. The number of carbonyl (C=O) groups is 1. The lowest BCUT2D eigenvalue weighted by Gasteiger charge is -2.26. The van der Waals surface area contributed by atoms with Gasteiger partial charge in [-0.1, -0.05) is 47.6 Å². The van der Waals surface area contributed by atoms with Crippen LogP contribution < -0.4 is 5.43 Å². The van der Waals surface area contributed by atoms with Crippen molar-refractivity contribution >= 4 is 12.1 Å². The summed E-state index contributed by atoms with van der Waals surface area (Å²) in [5, 5.41) is 22.8. The fourth-order valence-electron chi connectivity index (χ4n) is 2.05. The Kier molecular flexibility index (Phi) is 5.55. The maximum absolute atomic E-state index is 11.3. The van der Waals surface area contributed by atoms with E-state index in [1.165, 1.54) is 6.21 Å². The van der Waals surface area contributed by atoms with Crippen molar-refractivity contribution in [3.63, 3.8) is 0 Å². The third-order valence-electron chi connectivity index (χ3n) is 3.45. The minimum absolute atomic E-state index is 0.0830. The van der Waals surface area contributed by atoms with E-state index in [1.807, 2.05) is 32.9 Å². The van der Waals surface area contributed by atoms with Crippen molar-refractivity contribution in [1.82, 2.24) is 5.43 Å². The average molecular weight is 315 g/mol. The lowest BCUT2D eigenvalue weighted by atomic mass is 9.79. The van der Waals surface area contributed by atoms with E-state index in [1.54, 1.807) is 6.07 Å². The molecule has 5 nitrogen and oxygen atoms in total. The molecule has 0 unspecified atom stereocenters. The van der Waals surface area contributed by atoms with E-state index < -0.39 is 5.91 Å². The second-order valence-electron chi connectivity index (χ2n) is 7.59. The molecule has 0 heterocycles. The molecule has 1 aromatic carbocycles. The summed E-state index contributed by atoms with van der Waals surface area (Å²) in [7, 11) is 0. The largest absolute Gasteiger partial charge is 0.507 e. The second-order valence-corrected chi connectivity index (χ2v) is 7.59. The second kappa shape index (κ2) is 6.82. The van der Waals surface area contributed by atoms with Crippen molar-refractivity contribution in [3.8, 4) is 11.8 Å². The molecular formula is C18H25N3O2. The lowest BCUT2D eigenvalue weighted by Crippen LogP contribution is -2.18. The van der Waals surface area contributed by atoms with Gasteiger partial charge in [-0.25, -0.2) is 5.43 Å². The highest BCUT2D eigenvalue weighted by Crippen LogP contribution is 2.36. The molecule has 0 radical (unpaired) electrons. The average Bonchev–Trinajstić information content (AvgIpc) is 2.38. The maximum atomic E-state index is 11.3. The number of rotatable bonds is 3. The molecule has 0 aliphatic carbocycles. The molecule has 0 saturated heterocycles. The van der Waals surface area contributed by atoms with Crippen LogP contribution >= 0.6 is 0 Å². The molecule has 0 aliphatic heterocycles. The Balaban J connectivity index is 3.28. The van der Waals surface area contributed by atoms with Gasteiger partial charge in [0.15, 0.2) is 0 Å². The van der Waals surface area contributed by atoms with Crippen LogP contribution in [-0.4, -0.2) is 17.2 Å². The summed E-state index contributed by atoms with van der Waals surface area (Å²) in [5.41, 5.74) is 4.41. The van der Waals surface area contributed by atoms with E-state index in [0.717, 1.165) is 11.1 Å². The van der Waals surface area contributed by atoms with Gasteiger partial charge in [-0.3, -0.25) is 4.79 Å². The van der Waals surface area contributed by atoms with Crippen LogP contribution in [0.25, 0.3) is 0 Å². The fraction of sp³-hybridized carbons (Fsp3) is 0.500. The first-order valence-electron chi connectivity index (χ1n) is 7.53. The molecule has 0 saturated carbocycles. The molecule has 1 aromatic rings. The maximum Gasteiger partial charge on any atom is 0.254 e. The third-order valence-corrected chi connectivity index (χ3v) is 3.45. The van der Waals surface area contributed by atoms with E-state index in [2.05, 4.69) is 31.3 Å². The SMILES string of the molecule is CC(C)(C)c1cc(C=NNC(=O)CC#N)c(O)c(C(C)(C)C)c1. The standard InChI is InChI=1S/C18H25N3O2/c1-17(2,3)13-9-12(11-20-21-15(22)7-8-19)16(23)14(10-13)18(4,5)6/h9-11,23H,7H2,1-6H3,(H,21,22). The molecule has 1 amide bonds. The minimum atomic E-state index is -0.480. The van der Waals surface area contributed by atoms with Crippen LogP contribution in [0.4, 0.5) is 0 Å². The van der Waals surface area contributed by atoms with Crippen molar-refractivity contribution < 1.29 is 9.90 Å². The van der Waals surface area contributed by atoms with Crippen molar-refractivity contribution in [2.75, 3.05) is 0 Å². The van der Waals surface area contributed by atoms with Gasteiger partial charge in [0.25, 0.3) is 5.91 Å². The molecule has 0 aliphatic rings. The number of hydrogen-bond donors (Lipinski definition) is 2. The summed E-state index contributed by atoms with van der Waals surface area (Å²) in [6.45, 7) is 12.4. The Bertz CT molecular complexity index is 657. The van der Waals surface area contributed by atoms with Gasteiger partial charge < -0.3 is 5.11 Å². The zero-order valence-corrected chi connectivity index (χ0v) is 14.7. The van der Waals surface area contributed by atoms with E-state index in [-0.39, 0.29) is 23.0 Å². The number of carbonyl (C=O) groups excluding carboxylic acids is 1. The first kappa shape index (κ1) is 18.7. The molecule has 5 heteroatoms. The molecule has 0 aromatic heterocycles. The summed E-state index contributed by atoms with van der Waals surface area (Å²) in [4.78, 5) is 11.3. The Hall–Kier alpha value is -2.35. The predicted octanol–water partition coefficient (Wildman–Crippen LogP) is 3.35. The van der Waals surface area contributed by atoms with Crippen molar-refractivity contribution in [3.05, 3.63) is 28.8 Å². The van der Waals surface area contributed by atoms with Gasteiger partial charge >= 0.3 is 0 Å². The summed E-state index contributed by atoms with van der Waals surface area (Å²) in [6, 6.07) is 5.63. The molecule has 0 spiro atoms. The number of hydrogen-bond acceptors (Lipinski definition) is 4. The summed E-state index contributed by atoms with van der Waals surface area (Å²) >= 11 is 0. The monoisotopic (exact) mass is 315 g/mol. The number of nitriles is 1. The zero-order chi connectivity index (χ0) is 17.8. The Labute approximate surface area is 138 Å². The summed E-state index contributed by atoms with van der Waals surface area (Å²) < 4.78 is 0.